The van der Waals surface area contributed by atoms with Crippen molar-refractivity contribution in [3.05, 3.63) is 24.3 Å². The Labute approximate surface area is 120 Å². The third-order valence-corrected chi connectivity index (χ3v) is 3.62. The number of benzene rings is 1. The second-order valence-electron chi connectivity index (χ2n) is 5.00. The van der Waals surface area contributed by atoms with Crippen LogP contribution in [-0.2, 0) is 4.79 Å². The predicted octanol–water partition coefficient (Wildman–Crippen LogP) is 0.953. The van der Waals surface area contributed by atoms with Crippen LogP contribution in [0.4, 0.5) is 5.69 Å². The van der Waals surface area contributed by atoms with Gasteiger partial charge in [-0.1, -0.05) is 6.07 Å². The fourth-order valence-corrected chi connectivity index (χ4v) is 2.31. The molecular weight excluding hydrogens is 254 g/mol. The number of carbonyl (C=O) groups is 1. The van der Waals surface area contributed by atoms with Crippen molar-refractivity contribution in [2.45, 2.75) is 6.42 Å². The van der Waals surface area contributed by atoms with Crippen LogP contribution in [0.25, 0.3) is 0 Å². The van der Waals surface area contributed by atoms with Crippen molar-refractivity contribution in [2.24, 2.45) is 0 Å². The molecular formula is C15H23N3O2. The first-order valence-corrected chi connectivity index (χ1v) is 7.04. The predicted molar refractivity (Wildman–Crippen MR) is 80.3 cm³/mol. The Kier molecular flexibility index (Phi) is 5.24. The van der Waals surface area contributed by atoms with E-state index in [-0.39, 0.29) is 5.91 Å². The fraction of sp³-hybridized carbons (Fsp3) is 0.533. The van der Waals surface area contributed by atoms with E-state index >= 15 is 0 Å². The molecule has 5 heteroatoms. The molecule has 1 fully saturated rings. The summed E-state index contributed by atoms with van der Waals surface area (Å²) in [5, 5.41) is 3.25. The molecule has 0 bridgehead atoms. The normalized spacial score (nSPS) is 15.0. The van der Waals surface area contributed by atoms with E-state index in [1.54, 1.807) is 7.11 Å². The van der Waals surface area contributed by atoms with E-state index in [1.165, 1.54) is 0 Å². The molecule has 1 heterocycles. The molecule has 0 aliphatic carbocycles. The monoisotopic (exact) mass is 277 g/mol. The Morgan fingerprint density at radius 3 is 2.85 bits per heavy atom. The molecule has 1 aliphatic heterocycles. The summed E-state index contributed by atoms with van der Waals surface area (Å²) >= 11 is 0. The largest absolute Gasteiger partial charge is 0.497 e. The van der Waals surface area contributed by atoms with Crippen molar-refractivity contribution in [1.82, 2.24) is 10.2 Å². The molecule has 1 aromatic rings. The van der Waals surface area contributed by atoms with Crippen molar-refractivity contribution in [3.8, 4) is 5.75 Å². The van der Waals surface area contributed by atoms with Crippen LogP contribution in [0.15, 0.2) is 24.3 Å². The van der Waals surface area contributed by atoms with Crippen LogP contribution in [0.5, 0.6) is 5.75 Å². The molecule has 0 aromatic heterocycles. The molecule has 0 saturated carbocycles. The van der Waals surface area contributed by atoms with Gasteiger partial charge in [0.2, 0.25) is 5.91 Å². The average Bonchev–Trinajstić information content (AvgIpc) is 2.53. The summed E-state index contributed by atoms with van der Waals surface area (Å²) in [6.45, 7) is 4.16. The molecule has 20 heavy (non-hydrogen) atoms. The SMILES string of the molecule is COc1cccc(N(C)CCC(=O)N2CCNCC2)c1. The lowest BCUT2D eigenvalue weighted by Crippen LogP contribution is -2.47. The van der Waals surface area contributed by atoms with Crippen molar-refractivity contribution in [2.75, 3.05) is 51.8 Å². The molecule has 0 unspecified atom stereocenters. The van der Waals surface area contributed by atoms with Crippen LogP contribution in [0.1, 0.15) is 6.42 Å². The maximum Gasteiger partial charge on any atom is 0.224 e. The van der Waals surface area contributed by atoms with Crippen molar-refractivity contribution < 1.29 is 9.53 Å². The number of methoxy groups -OCH3 is 1. The zero-order valence-corrected chi connectivity index (χ0v) is 12.3. The topological polar surface area (TPSA) is 44.8 Å². The minimum atomic E-state index is 0.237. The number of piperazine rings is 1. The average molecular weight is 277 g/mol. The number of ether oxygens (including phenoxy) is 1. The Bertz CT molecular complexity index is 444. The Morgan fingerprint density at radius 1 is 1.40 bits per heavy atom. The summed E-state index contributed by atoms with van der Waals surface area (Å²) in [4.78, 5) is 16.1. The van der Waals surface area contributed by atoms with Gasteiger partial charge in [0.25, 0.3) is 0 Å². The number of carbonyl (C=O) groups excluding carboxylic acids is 1. The van der Waals surface area contributed by atoms with Gasteiger partial charge in [-0.15, -0.1) is 0 Å². The van der Waals surface area contributed by atoms with Gasteiger partial charge in [0.05, 0.1) is 7.11 Å². The summed E-state index contributed by atoms with van der Waals surface area (Å²) in [6.07, 6.45) is 0.549. The Hall–Kier alpha value is -1.75. The zero-order valence-electron chi connectivity index (χ0n) is 12.3. The second kappa shape index (κ2) is 7.14. The van der Waals surface area contributed by atoms with E-state index in [0.717, 1.165) is 44.2 Å². The molecule has 1 saturated heterocycles. The van der Waals surface area contributed by atoms with E-state index in [9.17, 15) is 4.79 Å². The molecule has 1 aromatic carbocycles. The van der Waals surface area contributed by atoms with Crippen LogP contribution in [-0.4, -0.2) is 57.7 Å². The molecule has 110 valence electrons. The van der Waals surface area contributed by atoms with Crippen LogP contribution >= 0.6 is 0 Å². The lowest BCUT2D eigenvalue weighted by Gasteiger charge is -2.28. The van der Waals surface area contributed by atoms with Gasteiger partial charge in [0.15, 0.2) is 0 Å². The van der Waals surface area contributed by atoms with Gasteiger partial charge < -0.3 is 19.9 Å². The summed E-state index contributed by atoms with van der Waals surface area (Å²) in [5.41, 5.74) is 1.07. The van der Waals surface area contributed by atoms with Gasteiger partial charge >= 0.3 is 0 Å². The highest BCUT2D eigenvalue weighted by atomic mass is 16.5. The van der Waals surface area contributed by atoms with Crippen LogP contribution in [0, 0.1) is 0 Å². The molecule has 1 N–H and O–H groups in total. The highest BCUT2D eigenvalue weighted by molar-refractivity contribution is 5.77. The Balaban J connectivity index is 1.84. The fourth-order valence-electron chi connectivity index (χ4n) is 2.31. The smallest absolute Gasteiger partial charge is 0.224 e. The number of rotatable bonds is 5. The first-order chi connectivity index (χ1) is 9.70. The van der Waals surface area contributed by atoms with Gasteiger partial charge in [-0.3, -0.25) is 4.79 Å². The molecule has 0 spiro atoms. The zero-order chi connectivity index (χ0) is 14.4. The summed E-state index contributed by atoms with van der Waals surface area (Å²) in [7, 11) is 3.66. The number of amides is 1. The van der Waals surface area contributed by atoms with Crippen LogP contribution < -0.4 is 15.0 Å². The van der Waals surface area contributed by atoms with Gasteiger partial charge in [0, 0.05) is 57.9 Å². The number of nitrogens with one attached hydrogen (secondary N) is 1. The molecule has 1 amide bonds. The third-order valence-electron chi connectivity index (χ3n) is 3.62. The lowest BCUT2D eigenvalue weighted by atomic mass is 10.2. The lowest BCUT2D eigenvalue weighted by molar-refractivity contribution is -0.131. The second-order valence-corrected chi connectivity index (χ2v) is 5.00. The minimum Gasteiger partial charge on any atom is -0.497 e. The van der Waals surface area contributed by atoms with Crippen molar-refractivity contribution >= 4 is 11.6 Å². The van der Waals surface area contributed by atoms with Crippen LogP contribution in [0.3, 0.4) is 0 Å². The van der Waals surface area contributed by atoms with Crippen molar-refractivity contribution in [3.63, 3.8) is 0 Å². The van der Waals surface area contributed by atoms with E-state index in [2.05, 4.69) is 10.2 Å². The highest BCUT2D eigenvalue weighted by Gasteiger charge is 2.16. The van der Waals surface area contributed by atoms with E-state index in [0.29, 0.717) is 6.42 Å². The number of nitrogens with zero attached hydrogens (tertiary/aromatic N) is 2. The molecule has 0 radical (unpaired) electrons. The molecule has 0 atom stereocenters. The minimum absolute atomic E-state index is 0.237. The number of hydrogen-bond donors (Lipinski definition) is 1. The first-order valence-electron chi connectivity index (χ1n) is 7.04. The van der Waals surface area contributed by atoms with Gasteiger partial charge in [-0.2, -0.15) is 0 Å². The molecule has 1 aliphatic rings. The van der Waals surface area contributed by atoms with Crippen LogP contribution in [0.2, 0.25) is 0 Å². The maximum absolute atomic E-state index is 12.1. The standard InChI is InChI=1S/C15H23N3O2/c1-17(13-4-3-5-14(12-13)20-2)9-6-15(19)18-10-7-16-8-11-18/h3-5,12,16H,6-11H2,1-2H3. The van der Waals surface area contributed by atoms with Gasteiger partial charge in [-0.05, 0) is 12.1 Å². The van der Waals surface area contributed by atoms with Gasteiger partial charge in [-0.25, -0.2) is 0 Å². The van der Waals surface area contributed by atoms with Crippen molar-refractivity contribution in [1.29, 1.82) is 0 Å². The van der Waals surface area contributed by atoms with E-state index in [4.69, 9.17) is 4.74 Å². The molecule has 5 nitrogen and oxygen atoms in total. The highest BCUT2D eigenvalue weighted by Crippen LogP contribution is 2.20. The van der Waals surface area contributed by atoms with Gasteiger partial charge in [0.1, 0.15) is 5.75 Å². The molecule has 2 rings (SSSR count). The summed E-state index contributed by atoms with van der Waals surface area (Å²) in [6, 6.07) is 7.89. The number of hydrogen-bond acceptors (Lipinski definition) is 4. The summed E-state index contributed by atoms with van der Waals surface area (Å²) < 4.78 is 5.22. The first kappa shape index (κ1) is 14.7. The quantitative estimate of drug-likeness (QED) is 0.870. The maximum atomic E-state index is 12.1. The van der Waals surface area contributed by atoms with E-state index < -0.39 is 0 Å². The summed E-state index contributed by atoms with van der Waals surface area (Å²) in [5.74, 6) is 1.07. The van der Waals surface area contributed by atoms with E-state index in [1.807, 2.05) is 36.2 Å². The Morgan fingerprint density at radius 2 is 2.15 bits per heavy atom. The number of anilines is 1. The third kappa shape index (κ3) is 3.87.